The summed E-state index contributed by atoms with van der Waals surface area (Å²) >= 11 is 0. The first-order valence-electron chi connectivity index (χ1n) is 5.93. The molecule has 0 aliphatic heterocycles. The minimum atomic E-state index is -0.783. The summed E-state index contributed by atoms with van der Waals surface area (Å²) in [6, 6.07) is 13.6. The first-order chi connectivity index (χ1) is 9.19. The van der Waals surface area contributed by atoms with Crippen molar-refractivity contribution in [1.82, 2.24) is 0 Å². The Balaban J connectivity index is 1.94. The average Bonchev–Trinajstić information content (AvgIpc) is 2.45. The molecule has 100 valence electrons. The quantitative estimate of drug-likeness (QED) is 0.867. The Morgan fingerprint density at radius 1 is 1.05 bits per heavy atom. The molecular weight excluding hydrogens is 244 g/mol. The lowest BCUT2D eigenvalue weighted by Gasteiger charge is -2.13. The van der Waals surface area contributed by atoms with Crippen LogP contribution in [-0.4, -0.2) is 23.9 Å². The van der Waals surface area contributed by atoms with Gasteiger partial charge < -0.3 is 19.7 Å². The van der Waals surface area contributed by atoms with E-state index in [4.69, 9.17) is 9.47 Å². The minimum absolute atomic E-state index is 0.121. The second-order valence-corrected chi connectivity index (χ2v) is 4.10. The zero-order valence-electron chi connectivity index (χ0n) is 10.6. The summed E-state index contributed by atoms with van der Waals surface area (Å²) in [6.45, 7) is 0.121. The number of aliphatic hydroxyl groups is 1. The number of hydrogen-bond acceptors (Lipinski definition) is 4. The lowest BCUT2D eigenvalue weighted by atomic mass is 10.1. The van der Waals surface area contributed by atoms with Gasteiger partial charge in [-0.2, -0.15) is 0 Å². The number of benzene rings is 2. The van der Waals surface area contributed by atoms with Crippen molar-refractivity contribution in [1.29, 1.82) is 0 Å². The van der Waals surface area contributed by atoms with Gasteiger partial charge in [-0.15, -0.1) is 0 Å². The predicted molar refractivity (Wildman–Crippen MR) is 71.6 cm³/mol. The summed E-state index contributed by atoms with van der Waals surface area (Å²) in [5.41, 5.74) is 0.619. The molecule has 0 heterocycles. The Hall–Kier alpha value is -2.20. The number of ether oxygens (including phenoxy) is 2. The number of phenols is 1. The van der Waals surface area contributed by atoms with E-state index in [1.54, 1.807) is 49.6 Å². The number of aromatic hydroxyl groups is 1. The molecule has 4 nitrogen and oxygen atoms in total. The van der Waals surface area contributed by atoms with E-state index in [1.807, 2.05) is 0 Å². The van der Waals surface area contributed by atoms with Crippen molar-refractivity contribution in [2.24, 2.45) is 0 Å². The molecule has 2 aromatic carbocycles. The first kappa shape index (κ1) is 13.2. The van der Waals surface area contributed by atoms with E-state index in [0.29, 0.717) is 11.3 Å². The molecule has 0 aliphatic rings. The van der Waals surface area contributed by atoms with Crippen LogP contribution in [0.15, 0.2) is 48.5 Å². The summed E-state index contributed by atoms with van der Waals surface area (Å²) in [4.78, 5) is 0. The lowest BCUT2D eigenvalue weighted by Crippen LogP contribution is -2.09. The molecule has 0 aromatic heterocycles. The summed E-state index contributed by atoms with van der Waals surface area (Å²) in [5, 5.41) is 19.3. The molecule has 2 N–H and O–H groups in total. The van der Waals surface area contributed by atoms with Gasteiger partial charge in [0.2, 0.25) is 0 Å². The third kappa shape index (κ3) is 3.63. The normalized spacial score (nSPS) is 11.9. The molecule has 2 aromatic rings. The maximum atomic E-state index is 9.95. The van der Waals surface area contributed by atoms with Crippen LogP contribution in [0, 0.1) is 0 Å². The van der Waals surface area contributed by atoms with E-state index in [2.05, 4.69) is 0 Å². The van der Waals surface area contributed by atoms with Crippen LogP contribution in [0.5, 0.6) is 17.2 Å². The average molecular weight is 260 g/mol. The SMILES string of the molecule is COc1ccc(OCC(O)c2cccc(O)c2)cc1. The molecule has 0 saturated carbocycles. The Morgan fingerprint density at radius 3 is 2.37 bits per heavy atom. The van der Waals surface area contributed by atoms with Gasteiger partial charge >= 0.3 is 0 Å². The highest BCUT2D eigenvalue weighted by Crippen LogP contribution is 2.21. The van der Waals surface area contributed by atoms with Crippen LogP contribution < -0.4 is 9.47 Å². The van der Waals surface area contributed by atoms with Crippen LogP contribution in [0.3, 0.4) is 0 Å². The molecule has 0 radical (unpaired) electrons. The third-order valence-corrected chi connectivity index (χ3v) is 2.72. The fourth-order valence-electron chi connectivity index (χ4n) is 1.68. The molecule has 0 bridgehead atoms. The van der Waals surface area contributed by atoms with Crippen molar-refractivity contribution in [3.63, 3.8) is 0 Å². The Labute approximate surface area is 111 Å². The number of hydrogen-bond donors (Lipinski definition) is 2. The highest BCUT2D eigenvalue weighted by molar-refractivity contribution is 5.32. The zero-order valence-corrected chi connectivity index (χ0v) is 10.6. The number of aliphatic hydroxyl groups excluding tert-OH is 1. The van der Waals surface area contributed by atoms with Crippen LogP contribution in [0.25, 0.3) is 0 Å². The van der Waals surface area contributed by atoms with E-state index in [9.17, 15) is 10.2 Å². The van der Waals surface area contributed by atoms with Gasteiger partial charge in [0.05, 0.1) is 7.11 Å². The van der Waals surface area contributed by atoms with Gasteiger partial charge in [0, 0.05) is 0 Å². The van der Waals surface area contributed by atoms with Crippen LogP contribution in [0.1, 0.15) is 11.7 Å². The van der Waals surface area contributed by atoms with E-state index < -0.39 is 6.10 Å². The second kappa shape index (κ2) is 6.11. The molecule has 19 heavy (non-hydrogen) atoms. The predicted octanol–water partition coefficient (Wildman–Crippen LogP) is 2.51. The zero-order chi connectivity index (χ0) is 13.7. The molecule has 2 rings (SSSR count). The van der Waals surface area contributed by atoms with Crippen LogP contribution >= 0.6 is 0 Å². The van der Waals surface area contributed by atoms with Gasteiger partial charge in [0.1, 0.15) is 30.0 Å². The molecule has 4 heteroatoms. The molecule has 0 amide bonds. The van der Waals surface area contributed by atoms with Crippen LogP contribution in [0.2, 0.25) is 0 Å². The van der Waals surface area contributed by atoms with E-state index >= 15 is 0 Å². The Bertz CT molecular complexity index is 522. The molecule has 0 aliphatic carbocycles. The summed E-state index contributed by atoms with van der Waals surface area (Å²) < 4.78 is 10.5. The van der Waals surface area contributed by atoms with Gasteiger partial charge in [-0.1, -0.05) is 12.1 Å². The van der Waals surface area contributed by atoms with Crippen molar-refractivity contribution in [2.75, 3.05) is 13.7 Å². The van der Waals surface area contributed by atoms with Gasteiger partial charge in [-0.3, -0.25) is 0 Å². The highest BCUT2D eigenvalue weighted by atomic mass is 16.5. The smallest absolute Gasteiger partial charge is 0.119 e. The summed E-state index contributed by atoms with van der Waals surface area (Å²) in [5.74, 6) is 1.53. The molecule has 0 fully saturated rings. The largest absolute Gasteiger partial charge is 0.508 e. The van der Waals surface area contributed by atoms with Gasteiger partial charge in [-0.25, -0.2) is 0 Å². The topological polar surface area (TPSA) is 58.9 Å². The molecule has 0 saturated heterocycles. The van der Waals surface area contributed by atoms with Crippen molar-refractivity contribution in [2.45, 2.75) is 6.10 Å². The van der Waals surface area contributed by atoms with Gasteiger partial charge in [0.15, 0.2) is 0 Å². The number of phenolic OH excluding ortho intramolecular Hbond substituents is 1. The summed E-state index contributed by atoms with van der Waals surface area (Å²) in [7, 11) is 1.60. The lowest BCUT2D eigenvalue weighted by molar-refractivity contribution is 0.108. The minimum Gasteiger partial charge on any atom is -0.508 e. The number of methoxy groups -OCH3 is 1. The molecule has 1 atom stereocenters. The Kier molecular flexibility index (Phi) is 4.26. The summed E-state index contributed by atoms with van der Waals surface area (Å²) in [6.07, 6.45) is -0.783. The van der Waals surface area contributed by atoms with Crippen molar-refractivity contribution in [3.8, 4) is 17.2 Å². The highest BCUT2D eigenvalue weighted by Gasteiger charge is 2.09. The van der Waals surface area contributed by atoms with Gasteiger partial charge in [-0.05, 0) is 42.0 Å². The third-order valence-electron chi connectivity index (χ3n) is 2.72. The van der Waals surface area contributed by atoms with E-state index in [-0.39, 0.29) is 12.4 Å². The maximum Gasteiger partial charge on any atom is 0.119 e. The molecule has 0 spiro atoms. The first-order valence-corrected chi connectivity index (χ1v) is 5.93. The van der Waals surface area contributed by atoms with E-state index in [1.165, 1.54) is 6.07 Å². The fourth-order valence-corrected chi connectivity index (χ4v) is 1.68. The second-order valence-electron chi connectivity index (χ2n) is 4.10. The molecule has 1 unspecified atom stereocenters. The number of rotatable bonds is 5. The standard InChI is InChI=1S/C15H16O4/c1-18-13-5-7-14(8-6-13)19-10-15(17)11-3-2-4-12(16)9-11/h2-9,15-17H,10H2,1H3. The van der Waals surface area contributed by atoms with Crippen LogP contribution in [0.4, 0.5) is 0 Å². The monoisotopic (exact) mass is 260 g/mol. The van der Waals surface area contributed by atoms with Gasteiger partial charge in [0.25, 0.3) is 0 Å². The van der Waals surface area contributed by atoms with Crippen molar-refractivity contribution >= 4 is 0 Å². The van der Waals surface area contributed by atoms with Crippen molar-refractivity contribution in [3.05, 3.63) is 54.1 Å². The Morgan fingerprint density at radius 2 is 1.74 bits per heavy atom. The maximum absolute atomic E-state index is 9.95. The fraction of sp³-hybridized carbons (Fsp3) is 0.200. The van der Waals surface area contributed by atoms with E-state index in [0.717, 1.165) is 5.75 Å². The van der Waals surface area contributed by atoms with Crippen LogP contribution in [-0.2, 0) is 0 Å². The molecular formula is C15H16O4. The van der Waals surface area contributed by atoms with Crippen molar-refractivity contribution < 1.29 is 19.7 Å².